The third-order valence-electron chi connectivity index (χ3n) is 2.28. The van der Waals surface area contributed by atoms with Gasteiger partial charge in [-0.05, 0) is 19.1 Å². The smallest absolute Gasteiger partial charge is 0.245 e. The Bertz CT molecular complexity index is 334. The zero-order valence-corrected chi connectivity index (χ0v) is 11.8. The predicted octanol–water partition coefficient (Wildman–Crippen LogP) is -0.355. The van der Waals surface area contributed by atoms with E-state index in [9.17, 15) is 9.59 Å². The minimum Gasteiger partial charge on any atom is -0.377 e. The molecule has 4 N–H and O–H groups in total. The van der Waals surface area contributed by atoms with E-state index in [2.05, 4.69) is 23.8 Å². The maximum atomic E-state index is 10.9. The molecule has 0 spiro atoms. The summed E-state index contributed by atoms with van der Waals surface area (Å²) in [6.07, 6.45) is 2.16. The Hall–Kier alpha value is -1.70. The molecule has 0 aromatic heterocycles. The summed E-state index contributed by atoms with van der Waals surface area (Å²) >= 11 is 0. The van der Waals surface area contributed by atoms with E-state index in [1.807, 2.05) is 6.92 Å². The van der Waals surface area contributed by atoms with Crippen LogP contribution in [0.5, 0.6) is 0 Å². The first-order valence-electron chi connectivity index (χ1n) is 6.29. The number of amides is 2. The lowest BCUT2D eigenvalue weighted by atomic mass is 10.3. The number of hydrogen-bond donors (Lipinski definition) is 3. The van der Waals surface area contributed by atoms with Gasteiger partial charge in [-0.2, -0.15) is 0 Å². The molecule has 114 valence electrons. The molecular formula is C13H23N3O4. The molecule has 2 unspecified atom stereocenters. The number of ether oxygens (including phenoxy) is 2. The first kappa shape index (κ1) is 18.3. The summed E-state index contributed by atoms with van der Waals surface area (Å²) in [6.45, 7) is 9.31. The average Bonchev–Trinajstić information content (AvgIpc) is 2.44. The molecule has 0 aliphatic carbocycles. The zero-order valence-electron chi connectivity index (χ0n) is 11.8. The van der Waals surface area contributed by atoms with Crippen molar-refractivity contribution < 1.29 is 19.1 Å². The van der Waals surface area contributed by atoms with Gasteiger partial charge in [0.2, 0.25) is 11.8 Å². The van der Waals surface area contributed by atoms with Gasteiger partial charge in [0.15, 0.2) is 0 Å². The van der Waals surface area contributed by atoms with E-state index in [1.54, 1.807) is 0 Å². The number of nitrogens with two attached hydrogens (primary N) is 1. The largest absolute Gasteiger partial charge is 0.377 e. The molecule has 0 aromatic rings. The fourth-order valence-electron chi connectivity index (χ4n) is 1.14. The molecule has 0 saturated heterocycles. The van der Waals surface area contributed by atoms with E-state index in [0.717, 1.165) is 6.08 Å². The fraction of sp³-hybridized carbons (Fsp3) is 0.538. The first-order chi connectivity index (χ1) is 9.49. The van der Waals surface area contributed by atoms with E-state index in [0.29, 0.717) is 19.6 Å². The van der Waals surface area contributed by atoms with Crippen molar-refractivity contribution in [1.82, 2.24) is 10.6 Å². The molecule has 0 fully saturated rings. The highest BCUT2D eigenvalue weighted by Crippen LogP contribution is 1.95. The van der Waals surface area contributed by atoms with Gasteiger partial charge >= 0.3 is 0 Å². The lowest BCUT2D eigenvalue weighted by Gasteiger charge is -2.16. The van der Waals surface area contributed by atoms with Crippen LogP contribution in [0.2, 0.25) is 0 Å². The van der Waals surface area contributed by atoms with Gasteiger partial charge in [-0.1, -0.05) is 13.2 Å². The first-order valence-corrected chi connectivity index (χ1v) is 6.29. The Morgan fingerprint density at radius 1 is 1.20 bits per heavy atom. The Labute approximate surface area is 119 Å². The van der Waals surface area contributed by atoms with E-state index in [4.69, 9.17) is 15.2 Å². The number of carbonyl (C=O) groups excluding carboxylic acids is 2. The molecule has 0 heterocycles. The molecule has 0 aliphatic heterocycles. The Morgan fingerprint density at radius 3 is 2.40 bits per heavy atom. The SMILES string of the molecule is C=CC(=O)NCOC(N)CCOC(C)CNC(=O)C=C. The Balaban J connectivity index is 3.57. The van der Waals surface area contributed by atoms with Crippen LogP contribution in [0.4, 0.5) is 0 Å². The summed E-state index contributed by atoms with van der Waals surface area (Å²) in [7, 11) is 0. The van der Waals surface area contributed by atoms with Crippen LogP contribution in [-0.4, -0.2) is 44.0 Å². The van der Waals surface area contributed by atoms with Crippen molar-refractivity contribution in [3.05, 3.63) is 25.3 Å². The van der Waals surface area contributed by atoms with E-state index >= 15 is 0 Å². The summed E-state index contributed by atoms with van der Waals surface area (Å²) in [4.78, 5) is 21.8. The van der Waals surface area contributed by atoms with Crippen LogP contribution in [-0.2, 0) is 19.1 Å². The van der Waals surface area contributed by atoms with Crippen LogP contribution in [0.1, 0.15) is 13.3 Å². The zero-order chi connectivity index (χ0) is 15.4. The molecular weight excluding hydrogens is 262 g/mol. The molecule has 20 heavy (non-hydrogen) atoms. The molecule has 0 bridgehead atoms. The molecule has 0 aromatic carbocycles. The van der Waals surface area contributed by atoms with Crippen LogP contribution in [0.25, 0.3) is 0 Å². The highest BCUT2D eigenvalue weighted by atomic mass is 16.5. The van der Waals surface area contributed by atoms with Gasteiger partial charge in [0.1, 0.15) is 13.0 Å². The van der Waals surface area contributed by atoms with Gasteiger partial charge in [-0.3, -0.25) is 9.59 Å². The van der Waals surface area contributed by atoms with Crippen molar-refractivity contribution in [2.45, 2.75) is 25.7 Å². The van der Waals surface area contributed by atoms with E-state index in [1.165, 1.54) is 6.08 Å². The van der Waals surface area contributed by atoms with Gasteiger partial charge in [0.25, 0.3) is 0 Å². The molecule has 0 aliphatic rings. The number of rotatable bonds is 11. The Morgan fingerprint density at radius 2 is 1.80 bits per heavy atom. The Kier molecular flexibility index (Phi) is 10.2. The highest BCUT2D eigenvalue weighted by Gasteiger charge is 2.07. The van der Waals surface area contributed by atoms with Crippen molar-refractivity contribution in [3.63, 3.8) is 0 Å². The topological polar surface area (TPSA) is 103 Å². The summed E-state index contributed by atoms with van der Waals surface area (Å²) in [5, 5.41) is 5.07. The van der Waals surface area contributed by atoms with E-state index in [-0.39, 0.29) is 24.6 Å². The standard InChI is InChI=1S/C13H23N3O4/c1-4-12(17)15-8-10(3)19-7-6-11(14)20-9-16-13(18)5-2/h4-5,10-11H,1-2,6-9,14H2,3H3,(H,15,17)(H,16,18). The maximum absolute atomic E-state index is 10.9. The van der Waals surface area contributed by atoms with Gasteiger partial charge < -0.3 is 25.8 Å². The third kappa shape index (κ3) is 10.2. The van der Waals surface area contributed by atoms with E-state index < -0.39 is 6.23 Å². The molecule has 7 nitrogen and oxygen atoms in total. The molecule has 0 radical (unpaired) electrons. The lowest BCUT2D eigenvalue weighted by molar-refractivity contribution is -0.119. The number of carbonyl (C=O) groups is 2. The summed E-state index contributed by atoms with van der Waals surface area (Å²) < 4.78 is 10.6. The molecule has 2 atom stereocenters. The number of nitrogens with one attached hydrogen (secondary N) is 2. The van der Waals surface area contributed by atoms with Gasteiger partial charge in [-0.15, -0.1) is 0 Å². The van der Waals surface area contributed by atoms with Crippen LogP contribution in [0, 0.1) is 0 Å². The second kappa shape index (κ2) is 11.2. The fourth-order valence-corrected chi connectivity index (χ4v) is 1.14. The molecule has 0 rings (SSSR count). The average molecular weight is 285 g/mol. The highest BCUT2D eigenvalue weighted by molar-refractivity contribution is 5.87. The van der Waals surface area contributed by atoms with Crippen molar-refractivity contribution in [3.8, 4) is 0 Å². The normalized spacial score (nSPS) is 13.1. The molecule has 7 heteroatoms. The van der Waals surface area contributed by atoms with Crippen molar-refractivity contribution in [2.24, 2.45) is 5.73 Å². The quantitative estimate of drug-likeness (QED) is 0.355. The van der Waals surface area contributed by atoms with Crippen molar-refractivity contribution in [1.29, 1.82) is 0 Å². The van der Waals surface area contributed by atoms with Crippen LogP contribution in [0.3, 0.4) is 0 Å². The van der Waals surface area contributed by atoms with Gasteiger partial charge in [0.05, 0.1) is 12.7 Å². The van der Waals surface area contributed by atoms with Crippen LogP contribution < -0.4 is 16.4 Å². The summed E-state index contributed by atoms with van der Waals surface area (Å²) in [5.41, 5.74) is 5.67. The van der Waals surface area contributed by atoms with Crippen LogP contribution >= 0.6 is 0 Å². The van der Waals surface area contributed by atoms with Gasteiger partial charge in [-0.25, -0.2) is 0 Å². The second-order valence-corrected chi connectivity index (χ2v) is 4.01. The number of hydrogen-bond acceptors (Lipinski definition) is 5. The van der Waals surface area contributed by atoms with Crippen LogP contribution in [0.15, 0.2) is 25.3 Å². The summed E-state index contributed by atoms with van der Waals surface area (Å²) in [6, 6.07) is 0. The van der Waals surface area contributed by atoms with Crippen molar-refractivity contribution in [2.75, 3.05) is 19.9 Å². The van der Waals surface area contributed by atoms with Crippen molar-refractivity contribution >= 4 is 11.8 Å². The predicted molar refractivity (Wildman–Crippen MR) is 75.5 cm³/mol. The minimum absolute atomic E-state index is 0.0248. The monoisotopic (exact) mass is 285 g/mol. The second-order valence-electron chi connectivity index (χ2n) is 4.01. The summed E-state index contributed by atoms with van der Waals surface area (Å²) in [5.74, 6) is -0.557. The maximum Gasteiger partial charge on any atom is 0.245 e. The third-order valence-corrected chi connectivity index (χ3v) is 2.28. The van der Waals surface area contributed by atoms with Gasteiger partial charge in [0, 0.05) is 13.0 Å². The lowest BCUT2D eigenvalue weighted by Crippen LogP contribution is -2.34. The molecule has 2 amide bonds. The molecule has 0 saturated carbocycles. The minimum atomic E-state index is -0.532.